The third-order valence-corrected chi connectivity index (χ3v) is 4.93. The van der Waals surface area contributed by atoms with Crippen molar-refractivity contribution in [2.45, 2.75) is 44.9 Å². The predicted molar refractivity (Wildman–Crippen MR) is 69.0 cm³/mol. The number of carbonyl (C=O) groups is 1. The first kappa shape index (κ1) is 13.8. The van der Waals surface area contributed by atoms with Crippen molar-refractivity contribution in [2.24, 2.45) is 5.92 Å². The number of carboxylic acid groups (broad SMARTS) is 1. The van der Waals surface area contributed by atoms with Crippen molar-refractivity contribution in [1.82, 2.24) is 4.90 Å². The molecule has 0 bridgehead atoms. The van der Waals surface area contributed by atoms with Crippen LogP contribution in [0.25, 0.3) is 0 Å². The van der Waals surface area contributed by atoms with Crippen molar-refractivity contribution in [2.75, 3.05) is 18.8 Å². The van der Waals surface area contributed by atoms with Crippen molar-refractivity contribution in [3.05, 3.63) is 0 Å². The Balaban J connectivity index is 2.57. The summed E-state index contributed by atoms with van der Waals surface area (Å²) < 4.78 is 0.334. The zero-order valence-corrected chi connectivity index (χ0v) is 11.5. The van der Waals surface area contributed by atoms with Crippen LogP contribution in [-0.4, -0.2) is 45.6 Å². The molecule has 0 aromatic heterocycles. The zero-order valence-electron chi connectivity index (χ0n) is 10.7. The highest BCUT2D eigenvalue weighted by atomic mass is 32.2. The fourth-order valence-electron chi connectivity index (χ4n) is 1.97. The van der Waals surface area contributed by atoms with Crippen molar-refractivity contribution in [1.29, 1.82) is 0 Å². The Morgan fingerprint density at radius 1 is 1.38 bits per heavy atom. The number of carboxylic acids is 1. The van der Waals surface area contributed by atoms with E-state index >= 15 is 0 Å². The van der Waals surface area contributed by atoms with Gasteiger partial charge < -0.3 is 5.11 Å². The van der Waals surface area contributed by atoms with Gasteiger partial charge >= 0.3 is 5.97 Å². The molecule has 0 amide bonds. The Hall–Kier alpha value is -0.220. The van der Waals surface area contributed by atoms with Crippen LogP contribution < -0.4 is 0 Å². The van der Waals surface area contributed by atoms with E-state index in [1.807, 2.05) is 18.7 Å². The highest BCUT2D eigenvalue weighted by molar-refractivity contribution is 8.00. The summed E-state index contributed by atoms with van der Waals surface area (Å²) in [6.45, 7) is 10.4. The van der Waals surface area contributed by atoms with Gasteiger partial charge in [-0.1, -0.05) is 20.8 Å². The van der Waals surface area contributed by atoms with Crippen LogP contribution in [0.4, 0.5) is 0 Å². The number of nitrogens with zero attached hydrogens (tertiary/aromatic N) is 1. The lowest BCUT2D eigenvalue weighted by Crippen LogP contribution is -2.42. The highest BCUT2D eigenvalue weighted by Crippen LogP contribution is 2.31. The van der Waals surface area contributed by atoms with E-state index in [0.717, 1.165) is 25.3 Å². The monoisotopic (exact) mass is 245 g/mol. The maximum atomic E-state index is 11.0. The van der Waals surface area contributed by atoms with E-state index in [9.17, 15) is 4.79 Å². The maximum absolute atomic E-state index is 11.0. The first-order valence-corrected chi connectivity index (χ1v) is 6.93. The number of aliphatic carboxylic acids is 1. The fourth-order valence-corrected chi connectivity index (χ4v) is 3.08. The summed E-state index contributed by atoms with van der Waals surface area (Å²) in [6, 6.07) is 0.131. The first-order chi connectivity index (χ1) is 7.33. The molecule has 1 heterocycles. The van der Waals surface area contributed by atoms with Gasteiger partial charge in [0.1, 0.15) is 0 Å². The molecule has 1 aliphatic heterocycles. The molecule has 0 radical (unpaired) electrons. The van der Waals surface area contributed by atoms with Gasteiger partial charge in [0.2, 0.25) is 0 Å². The van der Waals surface area contributed by atoms with Crippen molar-refractivity contribution in [3.63, 3.8) is 0 Å². The SMILES string of the molecule is CC(C(=O)O)C(C)N1CCSC(C)(C)CC1. The van der Waals surface area contributed by atoms with E-state index < -0.39 is 5.97 Å². The normalized spacial score (nSPS) is 25.8. The lowest BCUT2D eigenvalue weighted by molar-refractivity contribution is -0.143. The topological polar surface area (TPSA) is 40.5 Å². The summed E-state index contributed by atoms with van der Waals surface area (Å²) in [5.74, 6) is 0.124. The van der Waals surface area contributed by atoms with E-state index in [4.69, 9.17) is 5.11 Å². The van der Waals surface area contributed by atoms with Crippen LogP contribution in [-0.2, 0) is 4.79 Å². The summed E-state index contributed by atoms with van der Waals surface area (Å²) in [5.41, 5.74) is 0. The van der Waals surface area contributed by atoms with Crippen molar-refractivity contribution in [3.8, 4) is 0 Å². The van der Waals surface area contributed by atoms with Crippen LogP contribution in [0.15, 0.2) is 0 Å². The van der Waals surface area contributed by atoms with Crippen molar-refractivity contribution >= 4 is 17.7 Å². The molecule has 0 aromatic rings. The van der Waals surface area contributed by atoms with E-state index in [1.165, 1.54) is 0 Å². The molecule has 2 unspecified atom stereocenters. The molecule has 1 aliphatic rings. The molecular weight excluding hydrogens is 222 g/mol. The second kappa shape index (κ2) is 5.41. The Bertz CT molecular complexity index is 255. The van der Waals surface area contributed by atoms with E-state index in [2.05, 4.69) is 18.7 Å². The predicted octanol–water partition coefficient (Wildman–Crippen LogP) is 2.31. The van der Waals surface area contributed by atoms with Crippen LogP contribution >= 0.6 is 11.8 Å². The van der Waals surface area contributed by atoms with Gasteiger partial charge in [-0.3, -0.25) is 9.69 Å². The van der Waals surface area contributed by atoms with Gasteiger partial charge in [0.15, 0.2) is 0 Å². The number of thioether (sulfide) groups is 1. The number of rotatable bonds is 3. The molecule has 0 spiro atoms. The Morgan fingerprint density at radius 3 is 2.56 bits per heavy atom. The molecule has 3 nitrogen and oxygen atoms in total. The third-order valence-electron chi connectivity index (χ3n) is 3.56. The van der Waals surface area contributed by atoms with Crippen LogP contribution in [0.1, 0.15) is 34.1 Å². The summed E-state index contributed by atoms with van der Waals surface area (Å²) in [4.78, 5) is 13.3. The molecule has 1 saturated heterocycles. The average Bonchev–Trinajstić information content (AvgIpc) is 2.37. The Kier molecular flexibility index (Phi) is 4.68. The molecular formula is C12H23NO2S. The van der Waals surface area contributed by atoms with Gasteiger partial charge in [-0.25, -0.2) is 0 Å². The van der Waals surface area contributed by atoms with E-state index in [1.54, 1.807) is 6.92 Å². The Morgan fingerprint density at radius 2 is 2.00 bits per heavy atom. The second-order valence-electron chi connectivity index (χ2n) is 5.26. The van der Waals surface area contributed by atoms with E-state index in [-0.39, 0.29) is 12.0 Å². The first-order valence-electron chi connectivity index (χ1n) is 5.94. The lowest BCUT2D eigenvalue weighted by Gasteiger charge is -2.30. The highest BCUT2D eigenvalue weighted by Gasteiger charge is 2.29. The minimum Gasteiger partial charge on any atom is -0.481 e. The Labute approximate surface area is 103 Å². The summed E-state index contributed by atoms with van der Waals surface area (Å²) in [6.07, 6.45) is 1.13. The molecule has 2 atom stereocenters. The molecule has 94 valence electrons. The quantitative estimate of drug-likeness (QED) is 0.828. The molecule has 4 heteroatoms. The summed E-state index contributed by atoms with van der Waals surface area (Å²) in [7, 11) is 0. The van der Waals surface area contributed by atoms with Crippen LogP contribution in [0.3, 0.4) is 0 Å². The lowest BCUT2D eigenvalue weighted by atomic mass is 10.0. The number of hydrogen-bond acceptors (Lipinski definition) is 3. The van der Waals surface area contributed by atoms with Crippen molar-refractivity contribution < 1.29 is 9.90 Å². The smallest absolute Gasteiger partial charge is 0.307 e. The number of hydrogen-bond donors (Lipinski definition) is 1. The van der Waals surface area contributed by atoms with Gasteiger partial charge in [-0.2, -0.15) is 11.8 Å². The molecule has 0 aromatic carbocycles. The van der Waals surface area contributed by atoms with Gasteiger partial charge in [0.05, 0.1) is 5.92 Å². The molecule has 1 fully saturated rings. The molecule has 16 heavy (non-hydrogen) atoms. The molecule has 0 saturated carbocycles. The van der Waals surface area contributed by atoms with Gasteiger partial charge in [-0.05, 0) is 19.9 Å². The summed E-state index contributed by atoms with van der Waals surface area (Å²) in [5, 5.41) is 9.02. The van der Waals surface area contributed by atoms with Gasteiger partial charge in [0, 0.05) is 23.1 Å². The van der Waals surface area contributed by atoms with Gasteiger partial charge in [0.25, 0.3) is 0 Å². The fraction of sp³-hybridized carbons (Fsp3) is 0.917. The minimum atomic E-state index is -0.691. The molecule has 0 aliphatic carbocycles. The third kappa shape index (κ3) is 3.67. The molecule has 1 N–H and O–H groups in total. The second-order valence-corrected chi connectivity index (χ2v) is 7.06. The maximum Gasteiger partial charge on any atom is 0.307 e. The van der Waals surface area contributed by atoms with Gasteiger partial charge in [-0.15, -0.1) is 0 Å². The standard InChI is InChI=1S/C12H23NO2S/c1-9(11(14)15)10(2)13-6-5-12(3,4)16-8-7-13/h9-10H,5-8H2,1-4H3,(H,14,15). The van der Waals surface area contributed by atoms with E-state index in [0.29, 0.717) is 4.75 Å². The summed E-state index contributed by atoms with van der Waals surface area (Å²) >= 11 is 1.99. The average molecular weight is 245 g/mol. The van der Waals surface area contributed by atoms with Crippen LogP contribution in [0.5, 0.6) is 0 Å². The van der Waals surface area contributed by atoms with Crippen LogP contribution in [0.2, 0.25) is 0 Å². The molecule has 1 rings (SSSR count). The zero-order chi connectivity index (χ0) is 12.3. The largest absolute Gasteiger partial charge is 0.481 e. The minimum absolute atomic E-state index is 0.131. The van der Waals surface area contributed by atoms with Crippen LogP contribution in [0, 0.1) is 5.92 Å².